The summed E-state index contributed by atoms with van der Waals surface area (Å²) in [6.07, 6.45) is 3.29. The summed E-state index contributed by atoms with van der Waals surface area (Å²) in [6, 6.07) is 14.9. The van der Waals surface area contributed by atoms with Crippen molar-refractivity contribution in [2.24, 2.45) is 5.41 Å². The molecule has 2 N–H and O–H groups in total. The van der Waals surface area contributed by atoms with Gasteiger partial charge in [-0.05, 0) is 49.4 Å². The molecule has 1 aliphatic carbocycles. The van der Waals surface area contributed by atoms with Crippen LogP contribution in [0.3, 0.4) is 0 Å². The molecule has 2 atom stereocenters. The number of halogens is 1. The van der Waals surface area contributed by atoms with Gasteiger partial charge in [-0.3, -0.25) is 4.79 Å². The number of imidazole rings is 1. The summed E-state index contributed by atoms with van der Waals surface area (Å²) in [5.74, 6) is 6.59. The zero-order valence-corrected chi connectivity index (χ0v) is 20.4. The summed E-state index contributed by atoms with van der Waals surface area (Å²) < 4.78 is 16.1. The smallest absolute Gasteiger partial charge is 0.270 e. The average Bonchev–Trinajstić information content (AvgIpc) is 3.17. The number of nitrogens with one attached hydrogen (secondary N) is 2. The van der Waals surface area contributed by atoms with Gasteiger partial charge >= 0.3 is 0 Å². The second kappa shape index (κ2) is 8.90. The van der Waals surface area contributed by atoms with Gasteiger partial charge < -0.3 is 14.9 Å². The number of aromatic nitrogens is 4. The molecule has 0 saturated heterocycles. The van der Waals surface area contributed by atoms with Crippen molar-refractivity contribution >= 4 is 16.8 Å². The zero-order chi connectivity index (χ0) is 25.6. The molecule has 0 bridgehead atoms. The van der Waals surface area contributed by atoms with Crippen LogP contribution < -0.4 is 5.32 Å². The third kappa shape index (κ3) is 4.47. The highest BCUT2D eigenvalue weighted by Gasteiger charge is 2.40. The molecule has 1 fully saturated rings. The Labute approximate surface area is 213 Å². The summed E-state index contributed by atoms with van der Waals surface area (Å²) in [4.78, 5) is 26.0. The molecule has 1 saturated carbocycles. The number of carbonyl (C=O) groups is 1. The average molecular weight is 493 g/mol. The number of rotatable bonds is 5. The number of aryl methyl sites for hydroxylation is 1. The molecular formula is C29H25FN6O. The molecule has 1 amide bonds. The third-order valence-corrected chi connectivity index (χ3v) is 7.10. The van der Waals surface area contributed by atoms with E-state index in [1.165, 1.54) is 0 Å². The van der Waals surface area contributed by atoms with Gasteiger partial charge in [-0.15, -0.1) is 0 Å². The van der Waals surface area contributed by atoms with Crippen LogP contribution in [-0.2, 0) is 13.0 Å². The van der Waals surface area contributed by atoms with E-state index >= 15 is 0 Å². The Morgan fingerprint density at radius 3 is 2.95 bits per heavy atom. The van der Waals surface area contributed by atoms with Crippen molar-refractivity contribution in [1.82, 2.24) is 24.8 Å². The maximum Gasteiger partial charge on any atom is 0.270 e. The van der Waals surface area contributed by atoms with Crippen molar-refractivity contribution in [1.29, 1.82) is 5.26 Å². The highest BCUT2D eigenvalue weighted by Crippen LogP contribution is 2.47. The van der Waals surface area contributed by atoms with Crippen molar-refractivity contribution in [2.75, 3.05) is 0 Å². The minimum absolute atomic E-state index is 0.212. The standard InChI is InChI=1S/C29H25FN6O/c1-18-12-19(6-7-29(8-9-29)10-11-31)13-25(33-18)28(37)35-26(24-14-20-4-2-3-5-23(20)34-24)27-32-16-22-15-21(30)17-36(22)27/h2-5,12-14,16,21,26,34H,8-10,15,17H2,1H3,(H,35,37)/t21-,26?/m0/s1. The normalized spacial score (nSPS) is 17.9. The summed E-state index contributed by atoms with van der Waals surface area (Å²) >= 11 is 0. The van der Waals surface area contributed by atoms with E-state index in [-0.39, 0.29) is 23.6 Å². The number of carbonyl (C=O) groups excluding carboxylic acids is 1. The number of H-pyrrole nitrogens is 1. The van der Waals surface area contributed by atoms with Gasteiger partial charge in [-0.25, -0.2) is 14.4 Å². The SMILES string of the molecule is Cc1cc(C#CC2(CC#N)CC2)cc(C(=O)NC(c2cc3ccccc3[nH]2)c2ncc3n2C[C@@H](F)C3)n1. The second-order valence-electron chi connectivity index (χ2n) is 9.99. The maximum atomic E-state index is 14.2. The molecule has 6 rings (SSSR count). The fourth-order valence-corrected chi connectivity index (χ4v) is 4.97. The van der Waals surface area contributed by atoms with Crippen LogP contribution in [0.2, 0.25) is 0 Å². The molecule has 37 heavy (non-hydrogen) atoms. The Hall–Kier alpha value is -4.43. The van der Waals surface area contributed by atoms with Crippen LogP contribution in [0, 0.1) is 35.5 Å². The summed E-state index contributed by atoms with van der Waals surface area (Å²) in [7, 11) is 0. The topological polar surface area (TPSA) is 99.4 Å². The monoisotopic (exact) mass is 492 g/mol. The van der Waals surface area contributed by atoms with Gasteiger partial charge in [0.15, 0.2) is 0 Å². The van der Waals surface area contributed by atoms with Crippen molar-refractivity contribution in [3.05, 3.63) is 82.8 Å². The van der Waals surface area contributed by atoms with E-state index in [9.17, 15) is 9.18 Å². The largest absolute Gasteiger partial charge is 0.356 e. The highest BCUT2D eigenvalue weighted by atomic mass is 19.1. The zero-order valence-electron chi connectivity index (χ0n) is 20.4. The predicted molar refractivity (Wildman–Crippen MR) is 136 cm³/mol. The fourth-order valence-electron chi connectivity index (χ4n) is 4.97. The molecule has 1 unspecified atom stereocenters. The lowest BCUT2D eigenvalue weighted by molar-refractivity contribution is 0.0935. The number of para-hydroxylation sites is 1. The van der Waals surface area contributed by atoms with Crippen LogP contribution in [-0.4, -0.2) is 31.6 Å². The predicted octanol–water partition coefficient (Wildman–Crippen LogP) is 4.53. The quantitative estimate of drug-likeness (QED) is 0.400. The number of hydrogen-bond donors (Lipinski definition) is 2. The highest BCUT2D eigenvalue weighted by molar-refractivity contribution is 5.93. The number of pyridine rings is 1. The first-order chi connectivity index (χ1) is 17.9. The van der Waals surface area contributed by atoms with E-state index in [1.54, 1.807) is 12.3 Å². The number of hydrogen-bond acceptors (Lipinski definition) is 4. The lowest BCUT2D eigenvalue weighted by Gasteiger charge is -2.19. The van der Waals surface area contributed by atoms with E-state index in [4.69, 9.17) is 5.26 Å². The Kier molecular flexibility index (Phi) is 5.53. The molecule has 4 aromatic rings. The first kappa shape index (κ1) is 23.0. The Morgan fingerprint density at radius 2 is 2.16 bits per heavy atom. The molecule has 0 spiro atoms. The van der Waals surface area contributed by atoms with Crippen molar-refractivity contribution < 1.29 is 9.18 Å². The van der Waals surface area contributed by atoms with Crippen LogP contribution in [0.25, 0.3) is 10.9 Å². The van der Waals surface area contributed by atoms with Crippen molar-refractivity contribution in [2.45, 2.75) is 51.4 Å². The molecule has 7 nitrogen and oxygen atoms in total. The van der Waals surface area contributed by atoms with E-state index in [0.717, 1.165) is 35.1 Å². The number of benzene rings is 1. The maximum absolute atomic E-state index is 14.2. The molecule has 1 aliphatic heterocycles. The minimum atomic E-state index is -0.966. The number of aromatic amines is 1. The summed E-state index contributed by atoms with van der Waals surface area (Å²) in [6.45, 7) is 2.03. The lowest BCUT2D eigenvalue weighted by Crippen LogP contribution is -2.32. The van der Waals surface area contributed by atoms with E-state index < -0.39 is 12.2 Å². The van der Waals surface area contributed by atoms with Gasteiger partial charge in [0.2, 0.25) is 0 Å². The van der Waals surface area contributed by atoms with E-state index in [0.29, 0.717) is 29.9 Å². The molecule has 1 aromatic carbocycles. The van der Waals surface area contributed by atoms with Gasteiger partial charge in [0.05, 0.1) is 19.0 Å². The second-order valence-corrected chi connectivity index (χ2v) is 9.99. The third-order valence-electron chi connectivity index (χ3n) is 7.10. The molecular weight excluding hydrogens is 467 g/mol. The Bertz CT molecular complexity index is 1590. The first-order valence-corrected chi connectivity index (χ1v) is 12.4. The Morgan fingerprint density at radius 1 is 1.32 bits per heavy atom. The van der Waals surface area contributed by atoms with Crippen LogP contribution in [0.4, 0.5) is 4.39 Å². The molecule has 0 radical (unpaired) electrons. The lowest BCUT2D eigenvalue weighted by atomic mass is 10.0. The van der Waals surface area contributed by atoms with Crippen molar-refractivity contribution in [3.63, 3.8) is 0 Å². The van der Waals surface area contributed by atoms with Crippen LogP contribution in [0.15, 0.2) is 48.7 Å². The fraction of sp³-hybridized carbons (Fsp3) is 0.310. The molecule has 4 heterocycles. The van der Waals surface area contributed by atoms with Gasteiger partial charge in [-0.1, -0.05) is 30.0 Å². The van der Waals surface area contributed by atoms with Crippen LogP contribution in [0.5, 0.6) is 0 Å². The Balaban J connectivity index is 1.34. The van der Waals surface area contributed by atoms with Crippen molar-refractivity contribution in [3.8, 4) is 17.9 Å². The minimum Gasteiger partial charge on any atom is -0.356 e. The van der Waals surface area contributed by atoms with E-state index in [2.05, 4.69) is 38.2 Å². The molecule has 3 aromatic heterocycles. The summed E-state index contributed by atoms with van der Waals surface area (Å²) in [5, 5.41) is 13.2. The molecule has 184 valence electrons. The van der Waals surface area contributed by atoms with E-state index in [1.807, 2.05) is 47.9 Å². The van der Waals surface area contributed by atoms with Crippen LogP contribution in [0.1, 0.15) is 64.3 Å². The van der Waals surface area contributed by atoms with Gasteiger partial charge in [0, 0.05) is 46.2 Å². The number of fused-ring (bicyclic) bond motifs is 2. The summed E-state index contributed by atoms with van der Waals surface area (Å²) in [5.41, 5.74) is 3.89. The first-order valence-electron chi connectivity index (χ1n) is 12.4. The van der Waals surface area contributed by atoms with Gasteiger partial charge in [0.1, 0.15) is 23.7 Å². The van der Waals surface area contributed by atoms with Gasteiger partial charge in [0.25, 0.3) is 5.91 Å². The molecule has 2 aliphatic rings. The molecule has 8 heteroatoms. The number of amides is 1. The van der Waals surface area contributed by atoms with Gasteiger partial charge in [-0.2, -0.15) is 5.26 Å². The number of nitriles is 1. The van der Waals surface area contributed by atoms with Crippen LogP contribution >= 0.6 is 0 Å². The number of alkyl halides is 1. The number of nitrogens with zero attached hydrogens (tertiary/aromatic N) is 4.